The minimum absolute atomic E-state index is 0.711. The minimum atomic E-state index is 0.711. The van der Waals surface area contributed by atoms with E-state index >= 15 is 0 Å². The lowest BCUT2D eigenvalue weighted by Gasteiger charge is -2.15. The molecule has 31 heavy (non-hydrogen) atoms. The van der Waals surface area contributed by atoms with Gasteiger partial charge in [-0.15, -0.1) is 0 Å². The second-order valence-corrected chi connectivity index (χ2v) is 7.48. The Morgan fingerprint density at radius 1 is 1.00 bits per heavy atom. The summed E-state index contributed by atoms with van der Waals surface area (Å²) in [4.78, 5) is 9.01. The minimum Gasteiger partial charge on any atom is -0.356 e. The predicted octanol–water partition coefficient (Wildman–Crippen LogP) is 3.34. The molecule has 4 aromatic rings. The summed E-state index contributed by atoms with van der Waals surface area (Å²) in [7, 11) is 1.80. The molecule has 2 aromatic carbocycles. The highest BCUT2D eigenvalue weighted by molar-refractivity contribution is 5.79. The third-order valence-corrected chi connectivity index (χ3v) is 5.38. The van der Waals surface area contributed by atoms with E-state index in [1.165, 1.54) is 16.6 Å². The number of guanidine groups is 1. The van der Waals surface area contributed by atoms with Crippen molar-refractivity contribution in [1.82, 2.24) is 30.0 Å². The van der Waals surface area contributed by atoms with E-state index in [-0.39, 0.29) is 0 Å². The molecule has 0 saturated heterocycles. The molecule has 2 heterocycles. The summed E-state index contributed by atoms with van der Waals surface area (Å²) >= 11 is 0. The molecule has 0 saturated carbocycles. The second kappa shape index (κ2) is 9.93. The highest BCUT2D eigenvalue weighted by Gasteiger charge is 2.07. The van der Waals surface area contributed by atoms with E-state index in [0.717, 1.165) is 43.4 Å². The second-order valence-electron chi connectivity index (χ2n) is 7.48. The van der Waals surface area contributed by atoms with Gasteiger partial charge in [0.25, 0.3) is 0 Å². The fourth-order valence-corrected chi connectivity index (χ4v) is 3.77. The van der Waals surface area contributed by atoms with Crippen LogP contribution in [-0.2, 0) is 19.6 Å². The molecule has 2 aromatic heterocycles. The lowest BCUT2D eigenvalue weighted by molar-refractivity contribution is 0.623. The van der Waals surface area contributed by atoms with E-state index in [1.54, 1.807) is 13.2 Å². The Kier molecular flexibility index (Phi) is 6.62. The van der Waals surface area contributed by atoms with Crippen LogP contribution in [0.1, 0.15) is 23.4 Å². The molecule has 0 amide bonds. The number of hydrogen-bond donors (Lipinski definition) is 2. The largest absolute Gasteiger partial charge is 0.356 e. The maximum Gasteiger partial charge on any atom is 0.191 e. The van der Waals surface area contributed by atoms with Gasteiger partial charge in [0.2, 0.25) is 0 Å². The molecule has 0 spiro atoms. The van der Waals surface area contributed by atoms with Crippen molar-refractivity contribution in [3.63, 3.8) is 0 Å². The summed E-state index contributed by atoms with van der Waals surface area (Å²) in [5, 5.41) is 11.2. The number of para-hydroxylation sites is 2. The zero-order valence-corrected chi connectivity index (χ0v) is 18.1. The van der Waals surface area contributed by atoms with E-state index in [0.29, 0.717) is 6.54 Å². The monoisotopic (exact) mass is 415 g/mol. The zero-order valence-electron chi connectivity index (χ0n) is 18.1. The standard InChI is InChI=1S/C24H29N7/c1-19-29-22-11-5-6-12-23(22)31(19)16-7-13-26-24(25-2)27-17-20-9-3-4-10-21(20)18-30-15-8-14-28-30/h3-6,8-12,14-15H,7,13,16-18H2,1-2H3,(H2,25,26,27). The Bertz CT molecular complexity index is 1140. The molecule has 0 atom stereocenters. The first-order chi connectivity index (χ1) is 15.2. The fourth-order valence-electron chi connectivity index (χ4n) is 3.77. The molecule has 0 radical (unpaired) electrons. The van der Waals surface area contributed by atoms with Crippen LogP contribution >= 0.6 is 0 Å². The molecule has 7 heteroatoms. The van der Waals surface area contributed by atoms with Crippen LogP contribution in [0.15, 0.2) is 72.0 Å². The smallest absolute Gasteiger partial charge is 0.191 e. The summed E-state index contributed by atoms with van der Waals surface area (Å²) < 4.78 is 4.21. The summed E-state index contributed by atoms with van der Waals surface area (Å²) in [6.45, 7) is 5.29. The van der Waals surface area contributed by atoms with Gasteiger partial charge in [-0.25, -0.2) is 4.98 Å². The van der Waals surface area contributed by atoms with Crippen molar-refractivity contribution >= 4 is 17.0 Å². The maximum atomic E-state index is 4.64. The van der Waals surface area contributed by atoms with Crippen LogP contribution in [0, 0.1) is 6.92 Å². The van der Waals surface area contributed by atoms with E-state index in [2.05, 4.69) is 79.7 Å². The van der Waals surface area contributed by atoms with E-state index in [4.69, 9.17) is 0 Å². The van der Waals surface area contributed by atoms with Gasteiger partial charge in [0.1, 0.15) is 5.82 Å². The molecule has 0 aliphatic rings. The first-order valence-corrected chi connectivity index (χ1v) is 10.6. The highest BCUT2D eigenvalue weighted by Crippen LogP contribution is 2.15. The normalized spacial score (nSPS) is 11.7. The van der Waals surface area contributed by atoms with Gasteiger partial charge in [-0.2, -0.15) is 5.10 Å². The van der Waals surface area contributed by atoms with Gasteiger partial charge in [-0.1, -0.05) is 36.4 Å². The van der Waals surface area contributed by atoms with Gasteiger partial charge >= 0.3 is 0 Å². The van der Waals surface area contributed by atoms with Gasteiger partial charge in [0.15, 0.2) is 5.96 Å². The summed E-state index contributed by atoms with van der Waals surface area (Å²) in [5.41, 5.74) is 4.73. The van der Waals surface area contributed by atoms with Crippen molar-refractivity contribution < 1.29 is 0 Å². The maximum absolute atomic E-state index is 4.64. The van der Waals surface area contributed by atoms with Gasteiger partial charge in [0, 0.05) is 39.1 Å². The Morgan fingerprint density at radius 3 is 2.61 bits per heavy atom. The topological polar surface area (TPSA) is 72.1 Å². The van der Waals surface area contributed by atoms with Crippen LogP contribution in [0.25, 0.3) is 11.0 Å². The molecule has 0 unspecified atom stereocenters. The van der Waals surface area contributed by atoms with E-state index in [9.17, 15) is 0 Å². The zero-order chi connectivity index (χ0) is 21.5. The Morgan fingerprint density at radius 2 is 1.81 bits per heavy atom. The van der Waals surface area contributed by atoms with Crippen LogP contribution in [0.4, 0.5) is 0 Å². The van der Waals surface area contributed by atoms with Crippen LogP contribution in [-0.4, -0.2) is 38.9 Å². The van der Waals surface area contributed by atoms with Crippen molar-refractivity contribution in [3.05, 3.63) is 83.9 Å². The number of rotatable bonds is 8. The highest BCUT2D eigenvalue weighted by atomic mass is 15.3. The van der Waals surface area contributed by atoms with Crippen molar-refractivity contribution in [2.45, 2.75) is 33.0 Å². The first-order valence-electron chi connectivity index (χ1n) is 10.6. The lowest BCUT2D eigenvalue weighted by Crippen LogP contribution is -2.37. The van der Waals surface area contributed by atoms with Crippen molar-refractivity contribution in [2.75, 3.05) is 13.6 Å². The molecular formula is C24H29N7. The van der Waals surface area contributed by atoms with Crippen LogP contribution in [0.5, 0.6) is 0 Å². The Hall–Kier alpha value is -3.61. The quantitative estimate of drug-likeness (QED) is 0.263. The average Bonchev–Trinajstić information content (AvgIpc) is 3.41. The van der Waals surface area contributed by atoms with E-state index < -0.39 is 0 Å². The number of imidazole rings is 1. The van der Waals surface area contributed by atoms with E-state index in [1.807, 2.05) is 23.0 Å². The predicted molar refractivity (Wildman–Crippen MR) is 125 cm³/mol. The summed E-state index contributed by atoms with van der Waals surface area (Å²) in [5.74, 6) is 1.86. The number of nitrogens with one attached hydrogen (secondary N) is 2. The number of aliphatic imine (C=N–C) groups is 1. The first kappa shape index (κ1) is 20.7. The molecule has 0 aliphatic heterocycles. The fraction of sp³-hybridized carbons (Fsp3) is 0.292. The van der Waals surface area contributed by atoms with Gasteiger partial charge in [-0.05, 0) is 42.7 Å². The van der Waals surface area contributed by atoms with Gasteiger partial charge < -0.3 is 15.2 Å². The van der Waals surface area contributed by atoms with Crippen LogP contribution in [0.2, 0.25) is 0 Å². The Labute approximate surface area is 182 Å². The number of hydrogen-bond acceptors (Lipinski definition) is 3. The van der Waals surface area contributed by atoms with Gasteiger partial charge in [0.05, 0.1) is 17.6 Å². The van der Waals surface area contributed by atoms with Crippen molar-refractivity contribution in [2.24, 2.45) is 4.99 Å². The third-order valence-electron chi connectivity index (χ3n) is 5.38. The average molecular weight is 416 g/mol. The molecule has 4 rings (SSSR count). The SMILES string of the molecule is CN=C(NCCCn1c(C)nc2ccccc21)NCc1ccccc1Cn1cccn1. The van der Waals surface area contributed by atoms with Crippen molar-refractivity contribution in [3.8, 4) is 0 Å². The van der Waals surface area contributed by atoms with Crippen molar-refractivity contribution in [1.29, 1.82) is 0 Å². The lowest BCUT2D eigenvalue weighted by atomic mass is 10.1. The molecule has 0 fully saturated rings. The number of aromatic nitrogens is 4. The molecule has 0 bridgehead atoms. The number of fused-ring (bicyclic) bond motifs is 1. The molecule has 0 aliphatic carbocycles. The summed E-state index contributed by atoms with van der Waals surface area (Å²) in [6, 6.07) is 18.7. The van der Waals surface area contributed by atoms with Crippen LogP contribution < -0.4 is 10.6 Å². The molecular weight excluding hydrogens is 386 g/mol. The number of aryl methyl sites for hydroxylation is 2. The van der Waals surface area contributed by atoms with Gasteiger partial charge in [-0.3, -0.25) is 9.67 Å². The number of nitrogens with zero attached hydrogens (tertiary/aromatic N) is 5. The number of benzene rings is 2. The molecule has 2 N–H and O–H groups in total. The summed E-state index contributed by atoms with van der Waals surface area (Å²) in [6.07, 6.45) is 4.77. The Balaban J connectivity index is 1.28. The third kappa shape index (κ3) is 5.12. The van der Waals surface area contributed by atoms with Crippen LogP contribution in [0.3, 0.4) is 0 Å². The molecule has 7 nitrogen and oxygen atoms in total. The molecule has 160 valence electrons.